The van der Waals surface area contributed by atoms with Crippen LogP contribution in [0.25, 0.3) is 0 Å². The molecule has 1 aromatic rings. The third-order valence-electron chi connectivity index (χ3n) is 2.37. The Kier molecular flexibility index (Phi) is 5.32. The molecule has 0 aliphatic heterocycles. The Labute approximate surface area is 90.9 Å². The van der Waals surface area contributed by atoms with Crippen LogP contribution in [0, 0.1) is 0 Å². The average Bonchev–Trinajstić information content (AvgIpc) is 2.31. The van der Waals surface area contributed by atoms with E-state index in [4.69, 9.17) is 4.74 Å². The normalized spacial score (nSPS) is 14.9. The van der Waals surface area contributed by atoms with Crippen LogP contribution in [0.3, 0.4) is 0 Å². The van der Waals surface area contributed by atoms with Gasteiger partial charge in [-0.3, -0.25) is 0 Å². The van der Waals surface area contributed by atoms with Gasteiger partial charge in [-0.25, -0.2) is 0 Å². The van der Waals surface area contributed by atoms with E-state index < -0.39 is 6.10 Å². The van der Waals surface area contributed by atoms with Gasteiger partial charge in [0.2, 0.25) is 0 Å². The van der Waals surface area contributed by atoms with E-state index in [2.05, 4.69) is 12.7 Å². The van der Waals surface area contributed by atoms with Crippen LogP contribution in [0.15, 0.2) is 30.3 Å². The summed E-state index contributed by atoms with van der Waals surface area (Å²) in [7, 11) is 0. The molecule has 2 atom stereocenters. The molecule has 1 rings (SSSR count). The van der Waals surface area contributed by atoms with Crippen molar-refractivity contribution in [2.45, 2.75) is 25.6 Å². The summed E-state index contributed by atoms with van der Waals surface area (Å²) in [5, 5.41) is 9.36. The first-order valence-corrected chi connectivity index (χ1v) is 5.41. The molecule has 0 amide bonds. The highest BCUT2D eigenvalue weighted by Crippen LogP contribution is 2.20. The Morgan fingerprint density at radius 3 is 2.53 bits per heavy atom. The van der Waals surface area contributed by atoms with Gasteiger partial charge in [0.15, 0.2) is 0 Å². The first-order valence-electron chi connectivity index (χ1n) is 5.41. The van der Waals surface area contributed by atoms with Crippen LogP contribution < -0.4 is 5.73 Å². The number of aliphatic hydroxyl groups excluding tert-OH is 1. The number of hydrogen-bond acceptors (Lipinski definition) is 2. The van der Waals surface area contributed by atoms with Crippen molar-refractivity contribution in [3.63, 3.8) is 0 Å². The van der Waals surface area contributed by atoms with Crippen molar-refractivity contribution in [2.24, 2.45) is 0 Å². The summed E-state index contributed by atoms with van der Waals surface area (Å²) >= 11 is 0. The molecule has 0 fully saturated rings. The lowest BCUT2D eigenvalue weighted by Gasteiger charge is -2.17. The zero-order chi connectivity index (χ0) is 11.1. The quantitative estimate of drug-likeness (QED) is 0.728. The molecule has 84 valence electrons. The molecule has 0 spiro atoms. The van der Waals surface area contributed by atoms with Crippen LogP contribution in [0.2, 0.25) is 0 Å². The van der Waals surface area contributed by atoms with Crippen LogP contribution in [0.4, 0.5) is 0 Å². The van der Waals surface area contributed by atoms with Gasteiger partial charge >= 0.3 is 0 Å². The minimum atomic E-state index is -0.456. The third kappa shape index (κ3) is 4.00. The van der Waals surface area contributed by atoms with E-state index in [1.54, 1.807) is 0 Å². The maximum absolute atomic E-state index is 9.36. The molecule has 4 N–H and O–H groups in total. The predicted octanol–water partition coefficient (Wildman–Crippen LogP) is 0.757. The minimum Gasteiger partial charge on any atom is -0.385 e. The van der Waals surface area contributed by atoms with E-state index in [0.29, 0.717) is 13.2 Å². The van der Waals surface area contributed by atoms with E-state index >= 15 is 0 Å². The van der Waals surface area contributed by atoms with E-state index in [0.717, 1.165) is 12.0 Å². The van der Waals surface area contributed by atoms with Gasteiger partial charge in [0, 0.05) is 0 Å². The highest BCUT2D eigenvalue weighted by molar-refractivity contribution is 5.17. The lowest BCUT2D eigenvalue weighted by molar-refractivity contribution is -0.386. The fourth-order valence-electron chi connectivity index (χ4n) is 1.43. The SMILES string of the molecule is CC[C@H](OC[C@@H](O)C[NH3+])c1ccccc1. The Morgan fingerprint density at radius 2 is 2.00 bits per heavy atom. The number of ether oxygens (including phenoxy) is 1. The van der Waals surface area contributed by atoms with E-state index in [1.165, 1.54) is 0 Å². The summed E-state index contributed by atoms with van der Waals surface area (Å²) in [4.78, 5) is 0. The van der Waals surface area contributed by atoms with Crippen molar-refractivity contribution < 1.29 is 15.6 Å². The average molecular weight is 210 g/mol. The zero-order valence-electron chi connectivity index (χ0n) is 9.23. The second kappa shape index (κ2) is 6.56. The Morgan fingerprint density at radius 1 is 1.33 bits per heavy atom. The molecule has 15 heavy (non-hydrogen) atoms. The fraction of sp³-hybridized carbons (Fsp3) is 0.500. The second-order valence-corrected chi connectivity index (χ2v) is 3.58. The fourth-order valence-corrected chi connectivity index (χ4v) is 1.43. The number of benzene rings is 1. The summed E-state index contributed by atoms with van der Waals surface area (Å²) in [6.45, 7) is 2.93. The standard InChI is InChI=1S/C12H19NO2/c1-2-12(15-9-11(14)8-13)10-6-4-3-5-7-10/h3-7,11-12,14H,2,8-9,13H2,1H3/p+1/t11-,12-/m0/s1. The Bertz CT molecular complexity index is 264. The Hall–Kier alpha value is -0.900. The third-order valence-corrected chi connectivity index (χ3v) is 2.37. The van der Waals surface area contributed by atoms with Crippen molar-refractivity contribution in [3.05, 3.63) is 35.9 Å². The van der Waals surface area contributed by atoms with Crippen LogP contribution in [-0.2, 0) is 4.74 Å². The highest BCUT2D eigenvalue weighted by atomic mass is 16.5. The monoisotopic (exact) mass is 210 g/mol. The molecule has 0 unspecified atom stereocenters. The van der Waals surface area contributed by atoms with Crippen molar-refractivity contribution in [1.82, 2.24) is 0 Å². The highest BCUT2D eigenvalue weighted by Gasteiger charge is 2.11. The van der Waals surface area contributed by atoms with Crippen molar-refractivity contribution in [3.8, 4) is 0 Å². The maximum Gasteiger partial charge on any atom is 0.126 e. The molecule has 0 aliphatic rings. The molecule has 0 aliphatic carbocycles. The van der Waals surface area contributed by atoms with Gasteiger partial charge in [-0.15, -0.1) is 0 Å². The molecule has 0 aromatic heterocycles. The summed E-state index contributed by atoms with van der Waals surface area (Å²) in [6.07, 6.45) is 0.531. The van der Waals surface area contributed by atoms with E-state index in [1.807, 2.05) is 30.3 Å². The Balaban J connectivity index is 2.50. The zero-order valence-corrected chi connectivity index (χ0v) is 9.23. The summed E-state index contributed by atoms with van der Waals surface area (Å²) in [5.41, 5.74) is 4.80. The first-order chi connectivity index (χ1) is 7.27. The first kappa shape index (κ1) is 12.2. The maximum atomic E-state index is 9.36. The van der Waals surface area contributed by atoms with Gasteiger partial charge in [0.1, 0.15) is 12.6 Å². The molecule has 0 saturated carbocycles. The lowest BCUT2D eigenvalue weighted by atomic mass is 10.1. The topological polar surface area (TPSA) is 57.1 Å². The number of aliphatic hydroxyl groups is 1. The molecular weight excluding hydrogens is 190 g/mol. The van der Waals surface area contributed by atoms with Crippen molar-refractivity contribution >= 4 is 0 Å². The number of rotatable bonds is 6. The van der Waals surface area contributed by atoms with Gasteiger partial charge in [0.05, 0.1) is 12.7 Å². The van der Waals surface area contributed by atoms with E-state index in [-0.39, 0.29) is 6.10 Å². The summed E-state index contributed by atoms with van der Waals surface area (Å²) < 4.78 is 5.64. The van der Waals surface area contributed by atoms with Gasteiger partial charge in [-0.2, -0.15) is 0 Å². The molecule has 0 radical (unpaired) electrons. The van der Waals surface area contributed by atoms with Gasteiger partial charge in [-0.1, -0.05) is 37.3 Å². The molecule has 0 bridgehead atoms. The molecular formula is C12H20NO2+. The van der Waals surface area contributed by atoms with Crippen molar-refractivity contribution in [2.75, 3.05) is 13.2 Å². The predicted molar refractivity (Wildman–Crippen MR) is 59.2 cm³/mol. The van der Waals surface area contributed by atoms with Gasteiger partial charge in [0.25, 0.3) is 0 Å². The van der Waals surface area contributed by atoms with E-state index in [9.17, 15) is 5.11 Å². The molecule has 3 heteroatoms. The molecule has 0 saturated heterocycles. The van der Waals surface area contributed by atoms with Gasteiger partial charge < -0.3 is 15.6 Å². The molecule has 0 heterocycles. The number of quaternary nitrogens is 1. The van der Waals surface area contributed by atoms with Crippen LogP contribution >= 0.6 is 0 Å². The summed E-state index contributed by atoms with van der Waals surface area (Å²) in [6, 6.07) is 10.1. The smallest absolute Gasteiger partial charge is 0.126 e. The molecule has 3 nitrogen and oxygen atoms in total. The molecule has 1 aromatic carbocycles. The van der Waals surface area contributed by atoms with Crippen molar-refractivity contribution in [1.29, 1.82) is 0 Å². The lowest BCUT2D eigenvalue weighted by Crippen LogP contribution is -2.56. The minimum absolute atomic E-state index is 0.0763. The van der Waals surface area contributed by atoms with Crippen LogP contribution in [0.5, 0.6) is 0 Å². The second-order valence-electron chi connectivity index (χ2n) is 3.58. The summed E-state index contributed by atoms with van der Waals surface area (Å²) in [5.74, 6) is 0. The largest absolute Gasteiger partial charge is 0.385 e. The van der Waals surface area contributed by atoms with Gasteiger partial charge in [-0.05, 0) is 12.0 Å². The number of hydrogen-bond donors (Lipinski definition) is 2. The van der Waals surface area contributed by atoms with Crippen LogP contribution in [0.1, 0.15) is 25.0 Å². The van der Waals surface area contributed by atoms with Crippen LogP contribution in [-0.4, -0.2) is 24.4 Å².